The Kier molecular flexibility index (Phi) is 4.10. The second-order valence-electron chi connectivity index (χ2n) is 5.10. The van der Waals surface area contributed by atoms with Crippen LogP contribution in [0.1, 0.15) is 18.2 Å². The molecule has 2 N–H and O–H groups in total. The first-order valence-corrected chi connectivity index (χ1v) is 7.47. The van der Waals surface area contributed by atoms with Crippen molar-refractivity contribution >= 4 is 5.82 Å². The van der Waals surface area contributed by atoms with Crippen LogP contribution in [0.5, 0.6) is 0 Å². The SMILES string of the molecule is CC=C(NC)[n+]1cccn1-c1ccccc1Cc1ccc[nH]1. The van der Waals surface area contributed by atoms with Crippen LogP contribution in [0, 0.1) is 0 Å². The molecule has 3 rings (SSSR count). The zero-order chi connectivity index (χ0) is 15.4. The zero-order valence-corrected chi connectivity index (χ0v) is 13.0. The Balaban J connectivity index is 2.05. The number of nitrogens with one attached hydrogen (secondary N) is 2. The average molecular weight is 293 g/mol. The average Bonchev–Trinajstić information content (AvgIpc) is 3.21. The minimum Gasteiger partial charge on any atom is -0.365 e. The number of benzene rings is 1. The number of aromatic nitrogens is 3. The van der Waals surface area contributed by atoms with Crippen LogP contribution in [0.15, 0.2) is 67.1 Å². The fourth-order valence-corrected chi connectivity index (χ4v) is 2.70. The highest BCUT2D eigenvalue weighted by Crippen LogP contribution is 2.16. The van der Waals surface area contributed by atoms with Gasteiger partial charge in [-0.05, 0) is 36.8 Å². The van der Waals surface area contributed by atoms with Crippen molar-refractivity contribution in [3.63, 3.8) is 0 Å². The molecular weight excluding hydrogens is 272 g/mol. The van der Waals surface area contributed by atoms with Crippen LogP contribution >= 0.6 is 0 Å². The third-order valence-corrected chi connectivity index (χ3v) is 3.74. The summed E-state index contributed by atoms with van der Waals surface area (Å²) in [5, 5.41) is 3.23. The molecule has 0 atom stereocenters. The minimum absolute atomic E-state index is 0.881. The number of hydrogen-bond donors (Lipinski definition) is 2. The van der Waals surface area contributed by atoms with Gasteiger partial charge in [-0.3, -0.25) is 5.32 Å². The lowest BCUT2D eigenvalue weighted by Crippen LogP contribution is -2.45. The van der Waals surface area contributed by atoms with Crippen molar-refractivity contribution in [2.24, 2.45) is 0 Å². The van der Waals surface area contributed by atoms with Gasteiger partial charge in [-0.2, -0.15) is 4.68 Å². The van der Waals surface area contributed by atoms with Crippen molar-refractivity contribution in [2.45, 2.75) is 13.3 Å². The first kappa shape index (κ1) is 14.2. The van der Waals surface area contributed by atoms with E-state index in [4.69, 9.17) is 0 Å². The molecule has 22 heavy (non-hydrogen) atoms. The summed E-state index contributed by atoms with van der Waals surface area (Å²) in [6, 6.07) is 14.7. The molecular formula is C18H21N4+. The molecule has 0 aliphatic rings. The van der Waals surface area contributed by atoms with Crippen LogP contribution in [-0.2, 0) is 6.42 Å². The van der Waals surface area contributed by atoms with Crippen molar-refractivity contribution in [2.75, 3.05) is 7.05 Å². The van der Waals surface area contributed by atoms with E-state index in [1.165, 1.54) is 16.9 Å². The number of H-pyrrole nitrogens is 1. The largest absolute Gasteiger partial charge is 0.365 e. The Morgan fingerprint density at radius 3 is 2.82 bits per heavy atom. The van der Waals surface area contributed by atoms with Gasteiger partial charge in [-0.1, -0.05) is 18.2 Å². The molecule has 1 aromatic carbocycles. The van der Waals surface area contributed by atoms with Crippen LogP contribution in [0.2, 0.25) is 0 Å². The summed E-state index contributed by atoms with van der Waals surface area (Å²) < 4.78 is 4.26. The van der Waals surface area contributed by atoms with E-state index in [2.05, 4.69) is 68.5 Å². The molecule has 0 amide bonds. The standard InChI is InChI=1S/C18H21N4/c1-3-18(19-2)22-13-7-12-21(22)17-10-5-4-8-15(17)14-16-9-6-11-20-16/h3-13,19-20H,14H2,1-2H3/q+1. The molecule has 0 aliphatic carbocycles. The van der Waals surface area contributed by atoms with Crippen molar-refractivity contribution in [3.8, 4) is 5.69 Å². The monoisotopic (exact) mass is 293 g/mol. The molecule has 0 saturated carbocycles. The molecule has 0 bridgehead atoms. The molecule has 2 aromatic heterocycles. The summed E-state index contributed by atoms with van der Waals surface area (Å²) in [7, 11) is 1.94. The molecule has 0 spiro atoms. The maximum atomic E-state index is 3.28. The summed E-state index contributed by atoms with van der Waals surface area (Å²) in [6.07, 6.45) is 9.04. The third-order valence-electron chi connectivity index (χ3n) is 3.74. The lowest BCUT2D eigenvalue weighted by atomic mass is 10.1. The van der Waals surface area contributed by atoms with E-state index in [0.717, 1.165) is 12.2 Å². The van der Waals surface area contributed by atoms with Crippen LogP contribution < -0.4 is 10.00 Å². The predicted molar refractivity (Wildman–Crippen MR) is 88.6 cm³/mol. The van der Waals surface area contributed by atoms with E-state index >= 15 is 0 Å². The van der Waals surface area contributed by atoms with Gasteiger partial charge in [-0.15, -0.1) is 4.68 Å². The van der Waals surface area contributed by atoms with Gasteiger partial charge < -0.3 is 4.98 Å². The molecule has 0 saturated heterocycles. The molecule has 0 unspecified atom stereocenters. The molecule has 0 fully saturated rings. The fourth-order valence-electron chi connectivity index (χ4n) is 2.70. The van der Waals surface area contributed by atoms with Crippen LogP contribution in [-0.4, -0.2) is 16.7 Å². The second kappa shape index (κ2) is 6.35. The molecule has 4 heteroatoms. The molecule has 0 radical (unpaired) electrons. The fraction of sp³-hybridized carbons (Fsp3) is 0.167. The van der Waals surface area contributed by atoms with Crippen LogP contribution in [0.25, 0.3) is 11.5 Å². The Hall–Kier alpha value is -2.75. The molecule has 4 nitrogen and oxygen atoms in total. The lowest BCUT2D eigenvalue weighted by Gasteiger charge is -2.12. The van der Waals surface area contributed by atoms with E-state index < -0.39 is 0 Å². The number of aromatic amines is 1. The quantitative estimate of drug-likeness (QED) is 0.697. The van der Waals surface area contributed by atoms with E-state index in [0.29, 0.717) is 0 Å². The Bertz CT molecular complexity index is 766. The van der Waals surface area contributed by atoms with E-state index in [-0.39, 0.29) is 0 Å². The number of nitrogens with zero attached hydrogens (tertiary/aromatic N) is 2. The number of allylic oxidation sites excluding steroid dienone is 1. The summed E-state index contributed by atoms with van der Waals surface area (Å²) in [6.45, 7) is 2.03. The van der Waals surface area contributed by atoms with Gasteiger partial charge in [-0.25, -0.2) is 0 Å². The maximum absolute atomic E-state index is 3.28. The highest BCUT2D eigenvalue weighted by atomic mass is 15.4. The lowest BCUT2D eigenvalue weighted by molar-refractivity contribution is -0.664. The molecule has 0 aliphatic heterocycles. The minimum atomic E-state index is 0.881. The number of rotatable bonds is 5. The zero-order valence-electron chi connectivity index (χ0n) is 13.0. The molecule has 2 heterocycles. The van der Waals surface area contributed by atoms with E-state index in [1.54, 1.807) is 0 Å². The van der Waals surface area contributed by atoms with Crippen molar-refractivity contribution < 1.29 is 4.68 Å². The highest BCUT2D eigenvalue weighted by molar-refractivity contribution is 5.42. The van der Waals surface area contributed by atoms with Crippen molar-refractivity contribution in [1.82, 2.24) is 15.0 Å². The Morgan fingerprint density at radius 2 is 2.09 bits per heavy atom. The highest BCUT2D eigenvalue weighted by Gasteiger charge is 2.14. The van der Waals surface area contributed by atoms with E-state index in [1.807, 2.05) is 32.3 Å². The number of hydrogen-bond acceptors (Lipinski definition) is 1. The second-order valence-corrected chi connectivity index (χ2v) is 5.10. The van der Waals surface area contributed by atoms with Gasteiger partial charge >= 0.3 is 0 Å². The molecule has 3 aromatic rings. The van der Waals surface area contributed by atoms with Crippen LogP contribution in [0.4, 0.5) is 0 Å². The van der Waals surface area contributed by atoms with Crippen molar-refractivity contribution in [3.05, 3.63) is 78.4 Å². The van der Waals surface area contributed by atoms with Gasteiger partial charge in [0, 0.05) is 24.4 Å². The van der Waals surface area contributed by atoms with Gasteiger partial charge in [0.05, 0.1) is 18.9 Å². The smallest absolute Gasteiger partial charge is 0.293 e. The summed E-state index contributed by atoms with van der Waals surface area (Å²) >= 11 is 0. The Labute approximate surface area is 130 Å². The van der Waals surface area contributed by atoms with Gasteiger partial charge in [0.25, 0.3) is 5.82 Å². The Morgan fingerprint density at radius 1 is 1.23 bits per heavy atom. The van der Waals surface area contributed by atoms with Crippen molar-refractivity contribution in [1.29, 1.82) is 0 Å². The summed E-state index contributed by atoms with van der Waals surface area (Å²) in [5.41, 5.74) is 3.67. The maximum Gasteiger partial charge on any atom is 0.293 e. The van der Waals surface area contributed by atoms with E-state index in [9.17, 15) is 0 Å². The first-order valence-electron chi connectivity index (χ1n) is 7.47. The topological polar surface area (TPSA) is 36.6 Å². The first-order chi connectivity index (χ1) is 10.8. The van der Waals surface area contributed by atoms with Gasteiger partial charge in [0.15, 0.2) is 0 Å². The normalized spacial score (nSPS) is 11.6. The van der Waals surface area contributed by atoms with Crippen LogP contribution in [0.3, 0.4) is 0 Å². The third kappa shape index (κ3) is 2.68. The number of para-hydroxylation sites is 1. The summed E-state index contributed by atoms with van der Waals surface area (Å²) in [5.74, 6) is 1.04. The van der Waals surface area contributed by atoms with Gasteiger partial charge in [0.1, 0.15) is 6.20 Å². The molecule has 112 valence electrons. The summed E-state index contributed by atoms with van der Waals surface area (Å²) in [4.78, 5) is 3.28. The van der Waals surface area contributed by atoms with Gasteiger partial charge in [0.2, 0.25) is 0 Å². The predicted octanol–water partition coefficient (Wildman–Crippen LogP) is 2.72.